The van der Waals surface area contributed by atoms with Gasteiger partial charge in [0, 0.05) is 38.3 Å². The van der Waals surface area contributed by atoms with E-state index in [2.05, 4.69) is 15.4 Å². The van der Waals surface area contributed by atoms with E-state index >= 15 is 0 Å². The molecule has 4 rings (SSSR count). The predicted octanol–water partition coefficient (Wildman–Crippen LogP) is 0.854. The van der Waals surface area contributed by atoms with Gasteiger partial charge in [-0.2, -0.15) is 0 Å². The van der Waals surface area contributed by atoms with E-state index in [4.69, 9.17) is 0 Å². The number of rotatable bonds is 1. The van der Waals surface area contributed by atoms with Crippen LogP contribution in [0, 0.1) is 12.3 Å². The molecule has 0 atom stereocenters. The van der Waals surface area contributed by atoms with Crippen molar-refractivity contribution in [3.8, 4) is 0 Å². The van der Waals surface area contributed by atoms with Gasteiger partial charge in [-0.3, -0.25) is 19.5 Å². The van der Waals surface area contributed by atoms with Crippen molar-refractivity contribution in [3.05, 3.63) is 33.9 Å². The Balaban J connectivity index is 1.51. The number of hydrogen-bond acceptors (Lipinski definition) is 4. The van der Waals surface area contributed by atoms with E-state index in [0.29, 0.717) is 36.4 Å². The molecule has 2 saturated heterocycles. The van der Waals surface area contributed by atoms with Gasteiger partial charge in [-0.15, -0.1) is 0 Å². The molecule has 8 heteroatoms. The highest BCUT2D eigenvalue weighted by atomic mass is 16.2. The van der Waals surface area contributed by atoms with Crippen LogP contribution in [0.2, 0.25) is 0 Å². The highest BCUT2D eigenvalue weighted by molar-refractivity contribution is 5.95. The van der Waals surface area contributed by atoms with Crippen LogP contribution in [0.4, 0.5) is 0 Å². The number of hydrogen-bond donors (Lipinski definition) is 2. The van der Waals surface area contributed by atoms with E-state index in [1.54, 1.807) is 10.7 Å². The third-order valence-corrected chi connectivity index (χ3v) is 5.96. The molecular weight excluding hydrogens is 334 g/mol. The summed E-state index contributed by atoms with van der Waals surface area (Å²) in [5, 5.41) is 5.61. The Morgan fingerprint density at radius 3 is 2.73 bits per heavy atom. The van der Waals surface area contributed by atoms with Crippen LogP contribution in [-0.4, -0.2) is 50.9 Å². The highest BCUT2D eigenvalue weighted by Gasteiger charge is 2.37. The Bertz CT molecular complexity index is 921. The average Bonchev–Trinajstić information content (AvgIpc) is 2.93. The van der Waals surface area contributed by atoms with Crippen molar-refractivity contribution < 1.29 is 9.59 Å². The smallest absolute Gasteiger partial charge is 0.266 e. The van der Waals surface area contributed by atoms with Crippen molar-refractivity contribution in [2.75, 3.05) is 19.6 Å². The van der Waals surface area contributed by atoms with Crippen molar-refractivity contribution in [1.82, 2.24) is 24.8 Å². The first-order chi connectivity index (χ1) is 12.5. The zero-order valence-electron chi connectivity index (χ0n) is 14.9. The van der Waals surface area contributed by atoms with Crippen LogP contribution in [0.3, 0.4) is 0 Å². The SMILES string of the molecule is Cc1c(C(=O)N2CCC3(CCNC(=O)CC3)CC2)cnc2cc(=O)[nH]n12. The van der Waals surface area contributed by atoms with Gasteiger partial charge in [0.05, 0.1) is 11.3 Å². The molecule has 2 aliphatic rings. The van der Waals surface area contributed by atoms with Crippen LogP contribution >= 0.6 is 0 Å². The molecule has 2 aliphatic heterocycles. The highest BCUT2D eigenvalue weighted by Crippen LogP contribution is 2.40. The maximum Gasteiger partial charge on any atom is 0.266 e. The van der Waals surface area contributed by atoms with Crippen LogP contribution in [0.1, 0.15) is 48.2 Å². The summed E-state index contributed by atoms with van der Waals surface area (Å²) in [5.74, 6) is 0.0835. The van der Waals surface area contributed by atoms with Gasteiger partial charge < -0.3 is 10.2 Å². The molecule has 0 aromatic carbocycles. The molecule has 0 aliphatic carbocycles. The maximum absolute atomic E-state index is 13.0. The van der Waals surface area contributed by atoms with Crippen LogP contribution < -0.4 is 10.9 Å². The lowest BCUT2D eigenvalue weighted by Gasteiger charge is -2.41. The Hall–Kier alpha value is -2.64. The molecule has 8 nitrogen and oxygen atoms in total. The number of aromatic amines is 1. The number of fused-ring (bicyclic) bond motifs is 1. The number of aryl methyl sites for hydroxylation is 1. The quantitative estimate of drug-likeness (QED) is 0.790. The third kappa shape index (κ3) is 2.89. The number of likely N-dealkylation sites (tertiary alicyclic amines) is 1. The molecule has 2 aromatic heterocycles. The van der Waals surface area contributed by atoms with Crippen molar-refractivity contribution in [2.45, 2.75) is 39.0 Å². The minimum Gasteiger partial charge on any atom is -0.356 e. The van der Waals surface area contributed by atoms with Gasteiger partial charge in [0.25, 0.3) is 11.5 Å². The van der Waals surface area contributed by atoms with Gasteiger partial charge in [-0.25, -0.2) is 9.50 Å². The standard InChI is InChI=1S/C18H23N5O3/c1-12-13(11-20-14-10-16(25)21-23(12)14)17(26)22-8-5-18(6-9-22)3-2-15(24)19-7-4-18/h10-11H,2-9H2,1H3,(H,19,24)(H,21,25). The van der Waals surface area contributed by atoms with Crippen molar-refractivity contribution in [2.24, 2.45) is 5.41 Å². The Kier molecular flexibility index (Phi) is 4.05. The van der Waals surface area contributed by atoms with E-state index in [0.717, 1.165) is 32.2 Å². The van der Waals surface area contributed by atoms with Gasteiger partial charge in [-0.1, -0.05) is 0 Å². The zero-order chi connectivity index (χ0) is 18.3. The van der Waals surface area contributed by atoms with Crippen LogP contribution in [-0.2, 0) is 4.79 Å². The lowest BCUT2D eigenvalue weighted by atomic mass is 9.73. The van der Waals surface area contributed by atoms with Gasteiger partial charge >= 0.3 is 0 Å². The second-order valence-corrected chi connectivity index (χ2v) is 7.46. The number of carbonyl (C=O) groups excluding carboxylic acids is 2. The molecule has 0 unspecified atom stereocenters. The van der Waals surface area contributed by atoms with E-state index < -0.39 is 0 Å². The fourth-order valence-corrected chi connectivity index (χ4v) is 4.20. The molecule has 2 N–H and O–H groups in total. The number of piperidine rings is 1. The number of amides is 2. The summed E-state index contributed by atoms with van der Waals surface area (Å²) in [5.41, 5.74) is 1.64. The Morgan fingerprint density at radius 2 is 1.96 bits per heavy atom. The normalized spacial score (nSPS) is 20.2. The molecule has 2 fully saturated rings. The average molecular weight is 357 g/mol. The number of nitrogens with zero attached hydrogens (tertiary/aromatic N) is 3. The summed E-state index contributed by atoms with van der Waals surface area (Å²) in [7, 11) is 0. The fraction of sp³-hybridized carbons (Fsp3) is 0.556. The summed E-state index contributed by atoms with van der Waals surface area (Å²) in [4.78, 5) is 42.2. The first-order valence-corrected chi connectivity index (χ1v) is 9.11. The van der Waals surface area contributed by atoms with Crippen LogP contribution in [0.25, 0.3) is 5.65 Å². The molecule has 0 bridgehead atoms. The molecule has 2 aromatic rings. The van der Waals surface area contributed by atoms with E-state index in [-0.39, 0.29) is 22.8 Å². The first kappa shape index (κ1) is 16.8. The summed E-state index contributed by atoms with van der Waals surface area (Å²) in [6, 6.07) is 1.41. The summed E-state index contributed by atoms with van der Waals surface area (Å²) >= 11 is 0. The van der Waals surface area contributed by atoms with E-state index in [9.17, 15) is 14.4 Å². The number of carbonyl (C=O) groups is 2. The van der Waals surface area contributed by atoms with Crippen LogP contribution in [0.5, 0.6) is 0 Å². The number of H-pyrrole nitrogens is 1. The predicted molar refractivity (Wildman–Crippen MR) is 95.0 cm³/mol. The summed E-state index contributed by atoms with van der Waals surface area (Å²) < 4.78 is 1.56. The van der Waals surface area contributed by atoms with Crippen molar-refractivity contribution >= 4 is 17.5 Å². The van der Waals surface area contributed by atoms with Gasteiger partial charge in [0.1, 0.15) is 0 Å². The zero-order valence-corrected chi connectivity index (χ0v) is 14.9. The molecule has 138 valence electrons. The molecule has 2 amide bonds. The summed E-state index contributed by atoms with van der Waals surface area (Å²) in [6.07, 6.45) is 5.86. The second kappa shape index (κ2) is 6.26. The topological polar surface area (TPSA) is 99.6 Å². The monoisotopic (exact) mass is 357 g/mol. The van der Waals surface area contributed by atoms with E-state index in [1.807, 2.05) is 11.8 Å². The van der Waals surface area contributed by atoms with Gasteiger partial charge in [0.2, 0.25) is 5.91 Å². The molecule has 1 spiro atoms. The Labute approximate surface area is 150 Å². The minimum absolute atomic E-state index is 0.0517. The molecule has 0 saturated carbocycles. The van der Waals surface area contributed by atoms with E-state index in [1.165, 1.54) is 6.07 Å². The number of nitrogens with one attached hydrogen (secondary N) is 2. The lowest BCUT2D eigenvalue weighted by molar-refractivity contribution is -0.121. The molecule has 4 heterocycles. The number of aromatic nitrogens is 3. The lowest BCUT2D eigenvalue weighted by Crippen LogP contribution is -2.43. The van der Waals surface area contributed by atoms with Crippen molar-refractivity contribution in [3.63, 3.8) is 0 Å². The minimum atomic E-state index is -0.235. The van der Waals surface area contributed by atoms with Crippen LogP contribution in [0.15, 0.2) is 17.1 Å². The third-order valence-electron chi connectivity index (χ3n) is 5.96. The maximum atomic E-state index is 13.0. The first-order valence-electron chi connectivity index (χ1n) is 9.11. The summed E-state index contributed by atoms with van der Waals surface area (Å²) in [6.45, 7) is 3.92. The molecular formula is C18H23N5O3. The fourth-order valence-electron chi connectivity index (χ4n) is 4.20. The largest absolute Gasteiger partial charge is 0.356 e. The Morgan fingerprint density at radius 1 is 1.19 bits per heavy atom. The molecule has 26 heavy (non-hydrogen) atoms. The molecule has 0 radical (unpaired) electrons. The van der Waals surface area contributed by atoms with Crippen molar-refractivity contribution in [1.29, 1.82) is 0 Å². The second-order valence-electron chi connectivity index (χ2n) is 7.46. The van der Waals surface area contributed by atoms with Gasteiger partial charge in [-0.05, 0) is 38.0 Å². The van der Waals surface area contributed by atoms with Gasteiger partial charge in [0.15, 0.2) is 5.65 Å².